The fourth-order valence-corrected chi connectivity index (χ4v) is 3.06. The monoisotopic (exact) mass is 323 g/mol. The molecule has 0 aliphatic rings. The fourth-order valence-electron chi connectivity index (χ4n) is 1.42. The van der Waals surface area contributed by atoms with Gasteiger partial charge in [0.15, 0.2) is 0 Å². The molecule has 0 fully saturated rings. The van der Waals surface area contributed by atoms with E-state index < -0.39 is 20.0 Å². The van der Waals surface area contributed by atoms with Gasteiger partial charge in [-0.05, 0) is 18.6 Å². The van der Waals surface area contributed by atoms with E-state index in [-0.39, 0.29) is 29.4 Å². The van der Waals surface area contributed by atoms with Crippen LogP contribution >= 0.6 is 0 Å². The number of anilines is 1. The molecular formula is C10H17N3O5S2. The van der Waals surface area contributed by atoms with E-state index in [0.717, 1.165) is 0 Å². The van der Waals surface area contributed by atoms with Crippen molar-refractivity contribution in [3.63, 3.8) is 0 Å². The van der Waals surface area contributed by atoms with Gasteiger partial charge in [0.25, 0.3) is 0 Å². The van der Waals surface area contributed by atoms with Crippen LogP contribution in [0.3, 0.4) is 0 Å². The maximum atomic E-state index is 11.9. The highest BCUT2D eigenvalue weighted by atomic mass is 32.2. The number of rotatable bonds is 7. The third-order valence-electron chi connectivity index (χ3n) is 2.41. The highest BCUT2D eigenvalue weighted by molar-refractivity contribution is 7.89. The third-order valence-corrected chi connectivity index (χ3v) is 4.73. The molecule has 0 saturated heterocycles. The Morgan fingerprint density at radius 2 is 1.90 bits per heavy atom. The van der Waals surface area contributed by atoms with Crippen LogP contribution < -0.4 is 20.3 Å². The number of nitrogens with two attached hydrogens (primary N) is 2. The number of nitrogens with one attached hydrogen (secondary N) is 1. The Hall–Kier alpha value is -1.36. The smallest absolute Gasteiger partial charge is 0.240 e. The zero-order valence-electron chi connectivity index (χ0n) is 10.9. The van der Waals surface area contributed by atoms with Gasteiger partial charge < -0.3 is 10.5 Å². The van der Waals surface area contributed by atoms with Crippen LogP contribution in [0.5, 0.6) is 5.75 Å². The summed E-state index contributed by atoms with van der Waals surface area (Å²) in [5.74, 6) is -0.0435. The first kappa shape index (κ1) is 16.7. The lowest BCUT2D eigenvalue weighted by atomic mass is 10.3. The maximum absolute atomic E-state index is 11.9. The van der Waals surface area contributed by atoms with Crippen molar-refractivity contribution in [2.45, 2.75) is 11.3 Å². The molecule has 0 bridgehead atoms. The molecular weight excluding hydrogens is 306 g/mol. The third kappa shape index (κ3) is 4.96. The lowest BCUT2D eigenvalue weighted by Gasteiger charge is -2.09. The van der Waals surface area contributed by atoms with Crippen molar-refractivity contribution in [3.05, 3.63) is 18.2 Å². The topological polar surface area (TPSA) is 142 Å². The summed E-state index contributed by atoms with van der Waals surface area (Å²) in [7, 11) is -5.97. The molecule has 0 atom stereocenters. The van der Waals surface area contributed by atoms with Gasteiger partial charge in [0.2, 0.25) is 20.0 Å². The van der Waals surface area contributed by atoms with Crippen LogP contribution in [0.25, 0.3) is 0 Å². The largest absolute Gasteiger partial charge is 0.495 e. The lowest BCUT2D eigenvalue weighted by molar-refractivity contribution is 0.415. The maximum Gasteiger partial charge on any atom is 0.240 e. The molecule has 114 valence electrons. The van der Waals surface area contributed by atoms with E-state index in [2.05, 4.69) is 4.72 Å². The summed E-state index contributed by atoms with van der Waals surface area (Å²) in [6.45, 7) is -0.0363. The molecule has 0 amide bonds. The van der Waals surface area contributed by atoms with Crippen molar-refractivity contribution in [1.29, 1.82) is 0 Å². The minimum absolute atomic E-state index is 0.0147. The molecule has 1 aromatic rings. The molecule has 0 aliphatic carbocycles. The molecule has 0 radical (unpaired) electrons. The molecule has 5 N–H and O–H groups in total. The Morgan fingerprint density at radius 1 is 1.25 bits per heavy atom. The van der Waals surface area contributed by atoms with E-state index in [1.807, 2.05) is 0 Å². The molecule has 0 spiro atoms. The standard InChI is InChI=1S/C10H17N3O5S2/c1-18-10-7-8(3-4-9(10)11)20(16,17)13-5-2-6-19(12,14)15/h3-4,7,13H,2,5-6,11H2,1H3,(H2,12,14,15). The molecule has 20 heavy (non-hydrogen) atoms. The van der Waals surface area contributed by atoms with E-state index >= 15 is 0 Å². The lowest BCUT2D eigenvalue weighted by Crippen LogP contribution is -2.27. The second kappa shape index (κ2) is 6.39. The Labute approximate surface area is 118 Å². The molecule has 0 aliphatic heterocycles. The molecule has 0 heterocycles. The predicted molar refractivity (Wildman–Crippen MR) is 75.2 cm³/mol. The van der Waals surface area contributed by atoms with Crippen molar-refractivity contribution in [1.82, 2.24) is 4.72 Å². The predicted octanol–water partition coefficient (Wildman–Crippen LogP) is -0.766. The zero-order chi connectivity index (χ0) is 15.4. The average Bonchev–Trinajstić information content (AvgIpc) is 2.34. The Balaban J connectivity index is 2.74. The van der Waals surface area contributed by atoms with Gasteiger partial charge in [-0.2, -0.15) is 0 Å². The van der Waals surface area contributed by atoms with E-state index in [9.17, 15) is 16.8 Å². The Morgan fingerprint density at radius 3 is 2.45 bits per heavy atom. The average molecular weight is 323 g/mol. The van der Waals surface area contributed by atoms with Crippen molar-refractivity contribution < 1.29 is 21.6 Å². The second-order valence-electron chi connectivity index (χ2n) is 4.02. The first-order valence-electron chi connectivity index (χ1n) is 5.59. The zero-order valence-corrected chi connectivity index (χ0v) is 12.5. The molecule has 0 unspecified atom stereocenters. The number of benzene rings is 1. The Kier molecular flexibility index (Phi) is 5.34. The summed E-state index contributed by atoms with van der Waals surface area (Å²) in [4.78, 5) is -0.0147. The first-order valence-corrected chi connectivity index (χ1v) is 8.79. The Bertz CT molecular complexity index is 670. The number of methoxy groups -OCH3 is 1. The quantitative estimate of drug-likeness (QED) is 0.444. The van der Waals surface area contributed by atoms with Crippen molar-refractivity contribution >= 4 is 25.7 Å². The summed E-state index contributed by atoms with van der Waals surface area (Å²) in [6.07, 6.45) is 0.0875. The van der Waals surface area contributed by atoms with Crippen LogP contribution in [0.2, 0.25) is 0 Å². The van der Waals surface area contributed by atoms with E-state index in [1.54, 1.807) is 0 Å². The summed E-state index contributed by atoms with van der Waals surface area (Å²) >= 11 is 0. The minimum atomic E-state index is -3.75. The van der Waals surface area contributed by atoms with Gasteiger partial charge in [0, 0.05) is 12.6 Å². The fraction of sp³-hybridized carbons (Fsp3) is 0.400. The first-order chi connectivity index (χ1) is 9.15. The van der Waals surface area contributed by atoms with Crippen molar-refractivity contribution in [2.24, 2.45) is 5.14 Å². The van der Waals surface area contributed by atoms with Gasteiger partial charge in [-0.25, -0.2) is 26.7 Å². The SMILES string of the molecule is COc1cc(S(=O)(=O)NCCCS(N)(=O)=O)ccc1N. The van der Waals surface area contributed by atoms with E-state index in [4.69, 9.17) is 15.6 Å². The number of primary sulfonamides is 1. The van der Waals surface area contributed by atoms with Crippen molar-refractivity contribution in [3.8, 4) is 5.75 Å². The van der Waals surface area contributed by atoms with Crippen LogP contribution in [-0.4, -0.2) is 36.2 Å². The second-order valence-corrected chi connectivity index (χ2v) is 7.52. The van der Waals surface area contributed by atoms with Gasteiger partial charge in [0.05, 0.1) is 23.4 Å². The van der Waals surface area contributed by atoms with Gasteiger partial charge in [-0.1, -0.05) is 0 Å². The molecule has 0 aromatic heterocycles. The van der Waals surface area contributed by atoms with E-state index in [0.29, 0.717) is 5.69 Å². The van der Waals surface area contributed by atoms with Gasteiger partial charge in [-0.15, -0.1) is 0 Å². The minimum Gasteiger partial charge on any atom is -0.495 e. The van der Waals surface area contributed by atoms with Crippen LogP contribution in [0.15, 0.2) is 23.1 Å². The summed E-state index contributed by atoms with van der Waals surface area (Å²) in [6, 6.07) is 4.04. The van der Waals surface area contributed by atoms with Crippen LogP contribution in [0.4, 0.5) is 5.69 Å². The summed E-state index contributed by atoms with van der Waals surface area (Å²) in [5, 5.41) is 4.82. The van der Waals surface area contributed by atoms with Crippen LogP contribution in [0.1, 0.15) is 6.42 Å². The molecule has 10 heteroatoms. The summed E-state index contributed by atoms with van der Waals surface area (Å²) < 4.78 is 52.5. The molecule has 0 saturated carbocycles. The number of hydrogen-bond donors (Lipinski definition) is 3. The van der Waals surface area contributed by atoms with Gasteiger partial charge in [0.1, 0.15) is 5.75 Å². The molecule has 1 aromatic carbocycles. The number of sulfonamides is 2. The summed E-state index contributed by atoms with van der Waals surface area (Å²) in [5.41, 5.74) is 5.91. The highest BCUT2D eigenvalue weighted by Crippen LogP contribution is 2.24. The normalized spacial score (nSPS) is 12.3. The van der Waals surface area contributed by atoms with Gasteiger partial charge in [-0.3, -0.25) is 0 Å². The number of nitrogen functional groups attached to an aromatic ring is 1. The van der Waals surface area contributed by atoms with Crippen LogP contribution in [0, 0.1) is 0 Å². The molecule has 8 nitrogen and oxygen atoms in total. The van der Waals surface area contributed by atoms with Crippen LogP contribution in [-0.2, 0) is 20.0 Å². The highest BCUT2D eigenvalue weighted by Gasteiger charge is 2.15. The van der Waals surface area contributed by atoms with Crippen molar-refractivity contribution in [2.75, 3.05) is 25.1 Å². The molecule has 1 rings (SSSR count). The van der Waals surface area contributed by atoms with E-state index in [1.165, 1.54) is 25.3 Å². The van der Waals surface area contributed by atoms with Gasteiger partial charge >= 0.3 is 0 Å². The number of ether oxygens (including phenoxy) is 1. The number of hydrogen-bond acceptors (Lipinski definition) is 6.